The fourth-order valence-corrected chi connectivity index (χ4v) is 3.20. The van der Waals surface area contributed by atoms with Crippen molar-refractivity contribution in [2.24, 2.45) is 0 Å². The molecular formula is C29H28KN3O2-2. The SMILES string of the molecule is [CH2-]CN(C[CH-]Cn1ccccc1=O)C(=O)c1cccnc1.[K+].c1ccc([CH-]c2ccccc2)cc1. The minimum absolute atomic E-state index is 0. The second-order valence-corrected chi connectivity index (χ2v) is 7.44. The number of rotatable bonds is 8. The molecule has 0 fully saturated rings. The van der Waals surface area contributed by atoms with Crippen LogP contribution in [0.5, 0.6) is 0 Å². The maximum Gasteiger partial charge on any atom is 1.00 e. The molecule has 0 unspecified atom stereocenters. The normalized spacial score (nSPS) is 9.74. The van der Waals surface area contributed by atoms with E-state index < -0.39 is 0 Å². The summed E-state index contributed by atoms with van der Waals surface area (Å²) in [7, 11) is 0. The number of amides is 1. The number of nitrogens with zero attached hydrogens (tertiary/aromatic N) is 3. The van der Waals surface area contributed by atoms with Gasteiger partial charge in [-0.15, -0.1) is 54.9 Å². The second kappa shape index (κ2) is 16.2. The van der Waals surface area contributed by atoms with E-state index in [2.05, 4.69) is 66.9 Å². The van der Waals surface area contributed by atoms with Gasteiger partial charge in [0.15, 0.2) is 0 Å². The van der Waals surface area contributed by atoms with Crippen LogP contribution >= 0.6 is 0 Å². The topological polar surface area (TPSA) is 55.2 Å². The molecule has 2 aromatic heterocycles. The van der Waals surface area contributed by atoms with E-state index in [-0.39, 0.29) is 62.9 Å². The molecular weight excluding hydrogens is 461 g/mol. The molecule has 35 heavy (non-hydrogen) atoms. The van der Waals surface area contributed by atoms with Crippen LogP contribution in [0.4, 0.5) is 0 Å². The van der Waals surface area contributed by atoms with Gasteiger partial charge < -0.3 is 16.4 Å². The Morgan fingerprint density at radius 1 is 0.886 bits per heavy atom. The van der Waals surface area contributed by atoms with Crippen molar-refractivity contribution in [1.29, 1.82) is 0 Å². The second-order valence-electron chi connectivity index (χ2n) is 7.44. The number of aromatic nitrogens is 2. The summed E-state index contributed by atoms with van der Waals surface area (Å²) < 4.78 is 1.58. The summed E-state index contributed by atoms with van der Waals surface area (Å²) in [4.78, 5) is 29.3. The van der Waals surface area contributed by atoms with Crippen LogP contribution in [0.2, 0.25) is 0 Å². The summed E-state index contributed by atoms with van der Waals surface area (Å²) in [6.45, 7) is 5.01. The third-order valence-corrected chi connectivity index (χ3v) is 4.97. The molecule has 0 radical (unpaired) electrons. The van der Waals surface area contributed by atoms with Crippen LogP contribution < -0.4 is 56.9 Å². The molecule has 0 spiro atoms. The predicted molar refractivity (Wildman–Crippen MR) is 136 cm³/mol. The van der Waals surface area contributed by atoms with Crippen molar-refractivity contribution in [1.82, 2.24) is 14.5 Å². The minimum Gasteiger partial charge on any atom is -0.398 e. The van der Waals surface area contributed by atoms with Crippen molar-refractivity contribution in [3.05, 3.63) is 156 Å². The number of benzene rings is 2. The van der Waals surface area contributed by atoms with Gasteiger partial charge in [-0.25, -0.2) is 0 Å². The number of carbonyl (C=O) groups excluding carboxylic acids is 1. The largest absolute Gasteiger partial charge is 1.00 e. The molecule has 5 nitrogen and oxygen atoms in total. The molecule has 2 aromatic carbocycles. The smallest absolute Gasteiger partial charge is 0.398 e. The molecule has 1 amide bonds. The van der Waals surface area contributed by atoms with Gasteiger partial charge >= 0.3 is 51.4 Å². The van der Waals surface area contributed by atoms with Gasteiger partial charge in [0, 0.05) is 24.7 Å². The van der Waals surface area contributed by atoms with E-state index >= 15 is 0 Å². The third kappa shape index (κ3) is 9.96. The maximum absolute atomic E-state index is 12.2. The Bertz CT molecular complexity index is 1140. The average Bonchev–Trinajstić information content (AvgIpc) is 2.89. The van der Waals surface area contributed by atoms with E-state index in [1.165, 1.54) is 23.4 Å². The monoisotopic (exact) mass is 489 g/mol. The van der Waals surface area contributed by atoms with E-state index in [0.29, 0.717) is 25.2 Å². The first kappa shape index (κ1) is 28.8. The summed E-state index contributed by atoms with van der Waals surface area (Å²) in [6.07, 6.45) is 8.92. The van der Waals surface area contributed by atoms with Gasteiger partial charge in [0.1, 0.15) is 0 Å². The molecule has 0 atom stereocenters. The third-order valence-electron chi connectivity index (χ3n) is 4.97. The molecule has 6 heteroatoms. The molecule has 0 N–H and O–H groups in total. The van der Waals surface area contributed by atoms with Gasteiger partial charge in [-0.1, -0.05) is 49.0 Å². The van der Waals surface area contributed by atoms with Crippen molar-refractivity contribution in [2.75, 3.05) is 13.1 Å². The van der Waals surface area contributed by atoms with Crippen molar-refractivity contribution in [3.8, 4) is 0 Å². The standard InChI is InChI=1S/C16H17N3O2.C13H11.K/c1-2-18(16(21)14-7-5-9-17-13-14)11-6-12-19-10-4-3-8-15(19)20;1-3-7-12(8-4-1)11-13-9-5-2-6-10-13;/h3-10,13H,1-2,11-12H2;1-11H;/q-2;-1;+1. The molecule has 4 aromatic rings. The van der Waals surface area contributed by atoms with E-state index in [0.717, 1.165) is 0 Å². The van der Waals surface area contributed by atoms with Gasteiger partial charge in [-0.05, 0) is 18.2 Å². The van der Waals surface area contributed by atoms with Crippen LogP contribution in [0.1, 0.15) is 21.5 Å². The average molecular weight is 490 g/mol. The Kier molecular flexibility index (Phi) is 13.3. The molecule has 0 bridgehead atoms. The summed E-state index contributed by atoms with van der Waals surface area (Å²) in [5, 5.41) is 0. The first-order chi connectivity index (χ1) is 16.7. The summed E-state index contributed by atoms with van der Waals surface area (Å²) >= 11 is 0. The van der Waals surface area contributed by atoms with E-state index in [1.54, 1.807) is 46.1 Å². The fraction of sp³-hybridized carbons (Fsp3) is 0.103. The van der Waals surface area contributed by atoms with Crippen molar-refractivity contribution in [3.63, 3.8) is 0 Å². The predicted octanol–water partition coefficient (Wildman–Crippen LogP) is 1.72. The summed E-state index contributed by atoms with van der Waals surface area (Å²) in [5.41, 5.74) is 2.96. The van der Waals surface area contributed by atoms with Gasteiger partial charge in [0.05, 0.1) is 5.56 Å². The van der Waals surface area contributed by atoms with Crippen molar-refractivity contribution < 1.29 is 56.2 Å². The summed E-state index contributed by atoms with van der Waals surface area (Å²) in [6, 6.07) is 29.1. The molecule has 0 saturated heterocycles. The van der Waals surface area contributed by atoms with Gasteiger partial charge in [0.25, 0.3) is 5.91 Å². The Morgan fingerprint density at radius 2 is 1.51 bits per heavy atom. The van der Waals surface area contributed by atoms with Gasteiger partial charge in [-0.2, -0.15) is 0 Å². The van der Waals surface area contributed by atoms with Crippen molar-refractivity contribution >= 4 is 5.91 Å². The van der Waals surface area contributed by atoms with Crippen LogP contribution in [-0.4, -0.2) is 33.4 Å². The van der Waals surface area contributed by atoms with Crippen LogP contribution in [0.3, 0.4) is 0 Å². The minimum atomic E-state index is -0.116. The van der Waals surface area contributed by atoms with Crippen LogP contribution in [-0.2, 0) is 6.54 Å². The number of carbonyl (C=O) groups is 1. The van der Waals surface area contributed by atoms with Gasteiger partial charge in [-0.3, -0.25) is 21.0 Å². The zero-order chi connectivity index (χ0) is 24.0. The quantitative estimate of drug-likeness (QED) is 0.280. The molecule has 174 valence electrons. The number of pyridine rings is 2. The Morgan fingerprint density at radius 3 is 2.06 bits per heavy atom. The van der Waals surface area contributed by atoms with Crippen molar-refractivity contribution in [2.45, 2.75) is 6.54 Å². The van der Waals surface area contributed by atoms with E-state index in [1.807, 2.05) is 18.6 Å². The fourth-order valence-electron chi connectivity index (χ4n) is 3.20. The zero-order valence-electron chi connectivity index (χ0n) is 20.0. The molecule has 0 aliphatic heterocycles. The first-order valence-corrected chi connectivity index (χ1v) is 11.1. The Balaban J connectivity index is 0.000000265. The number of hydrogen-bond donors (Lipinski definition) is 0. The molecule has 0 aliphatic rings. The zero-order valence-corrected chi connectivity index (χ0v) is 23.2. The number of hydrogen-bond acceptors (Lipinski definition) is 3. The molecule has 0 aliphatic carbocycles. The molecule has 2 heterocycles. The van der Waals surface area contributed by atoms with Crippen LogP contribution in [0.25, 0.3) is 0 Å². The van der Waals surface area contributed by atoms with E-state index in [9.17, 15) is 9.59 Å². The van der Waals surface area contributed by atoms with Gasteiger partial charge in [0.2, 0.25) is 5.56 Å². The Hall–Kier alpha value is -2.48. The maximum atomic E-state index is 12.2. The van der Waals surface area contributed by atoms with Crippen LogP contribution in [0, 0.1) is 19.8 Å². The van der Waals surface area contributed by atoms with Crippen LogP contribution in [0.15, 0.2) is 114 Å². The molecule has 0 saturated carbocycles. The van der Waals surface area contributed by atoms with E-state index in [4.69, 9.17) is 0 Å². The summed E-state index contributed by atoms with van der Waals surface area (Å²) in [5.74, 6) is -0.116. The Labute approximate surface area is 250 Å². The first-order valence-electron chi connectivity index (χ1n) is 11.1. The molecule has 4 rings (SSSR count).